The summed E-state index contributed by atoms with van der Waals surface area (Å²) < 4.78 is 13.3. The first kappa shape index (κ1) is 12.8. The number of hydrogen-bond donors (Lipinski definition) is 1. The van der Waals surface area contributed by atoms with E-state index in [1.165, 1.54) is 25.3 Å². The van der Waals surface area contributed by atoms with Crippen molar-refractivity contribution in [1.82, 2.24) is 5.32 Å². The van der Waals surface area contributed by atoms with Gasteiger partial charge in [0, 0.05) is 11.1 Å². The summed E-state index contributed by atoms with van der Waals surface area (Å²) in [6.45, 7) is 0. The van der Waals surface area contributed by atoms with E-state index in [0.29, 0.717) is 17.0 Å². The zero-order chi connectivity index (χ0) is 12.3. The molecule has 94 valence electrons. The van der Waals surface area contributed by atoms with Gasteiger partial charge in [0.15, 0.2) is 0 Å². The fraction of sp³-hybridized carbons (Fsp3) is 0.571. The molecule has 0 bridgehead atoms. The van der Waals surface area contributed by atoms with Crippen LogP contribution in [0.15, 0.2) is 18.2 Å². The van der Waals surface area contributed by atoms with Crippen molar-refractivity contribution in [3.8, 4) is 0 Å². The van der Waals surface area contributed by atoms with Gasteiger partial charge in [-0.2, -0.15) is 0 Å². The normalized spacial score (nSPS) is 25.6. The Hall–Kier alpha value is -0.600. The summed E-state index contributed by atoms with van der Waals surface area (Å²) in [5.41, 5.74) is 0.980. The minimum atomic E-state index is -0.186. The van der Waals surface area contributed by atoms with E-state index in [0.717, 1.165) is 18.4 Å². The Labute approximate surface area is 107 Å². The fourth-order valence-electron chi connectivity index (χ4n) is 2.73. The molecule has 0 amide bonds. The highest BCUT2D eigenvalue weighted by Gasteiger charge is 2.22. The SMILES string of the molecule is CNC1CCCCC(c2cc(F)ccc2Cl)C1. The maximum atomic E-state index is 13.3. The van der Waals surface area contributed by atoms with Crippen LogP contribution in [0.5, 0.6) is 0 Å². The molecule has 2 atom stereocenters. The van der Waals surface area contributed by atoms with Crippen LogP contribution in [0.1, 0.15) is 43.6 Å². The minimum Gasteiger partial charge on any atom is -0.317 e. The van der Waals surface area contributed by atoms with Crippen molar-refractivity contribution in [3.63, 3.8) is 0 Å². The van der Waals surface area contributed by atoms with Crippen LogP contribution in [0, 0.1) is 5.82 Å². The van der Waals surface area contributed by atoms with Crippen molar-refractivity contribution in [2.24, 2.45) is 0 Å². The number of halogens is 2. The molecule has 0 aromatic heterocycles. The van der Waals surface area contributed by atoms with Gasteiger partial charge in [-0.3, -0.25) is 0 Å². The molecule has 1 aromatic rings. The predicted octanol–water partition coefficient (Wildman–Crippen LogP) is 4.11. The lowest BCUT2D eigenvalue weighted by Crippen LogP contribution is -2.25. The lowest BCUT2D eigenvalue weighted by Gasteiger charge is -2.21. The quantitative estimate of drug-likeness (QED) is 0.784. The summed E-state index contributed by atoms with van der Waals surface area (Å²) >= 11 is 6.19. The third-order valence-electron chi connectivity index (χ3n) is 3.73. The smallest absolute Gasteiger partial charge is 0.123 e. The van der Waals surface area contributed by atoms with Gasteiger partial charge in [0.1, 0.15) is 5.82 Å². The Morgan fingerprint density at radius 1 is 1.29 bits per heavy atom. The summed E-state index contributed by atoms with van der Waals surface area (Å²) in [5, 5.41) is 4.04. The van der Waals surface area contributed by atoms with Crippen molar-refractivity contribution >= 4 is 11.6 Å². The molecule has 1 aliphatic rings. The molecular weight excluding hydrogens is 237 g/mol. The molecule has 1 saturated carbocycles. The lowest BCUT2D eigenvalue weighted by molar-refractivity contribution is 0.470. The summed E-state index contributed by atoms with van der Waals surface area (Å²) in [5.74, 6) is 0.202. The molecule has 0 aliphatic heterocycles. The maximum Gasteiger partial charge on any atom is 0.123 e. The lowest BCUT2D eigenvalue weighted by atomic mass is 9.90. The van der Waals surface area contributed by atoms with Gasteiger partial charge in [-0.1, -0.05) is 24.4 Å². The van der Waals surface area contributed by atoms with Crippen molar-refractivity contribution in [2.75, 3.05) is 7.05 Å². The van der Waals surface area contributed by atoms with E-state index in [1.54, 1.807) is 12.1 Å². The molecule has 0 heterocycles. The molecule has 0 saturated heterocycles. The van der Waals surface area contributed by atoms with Gasteiger partial charge in [0.05, 0.1) is 0 Å². The van der Waals surface area contributed by atoms with Gasteiger partial charge < -0.3 is 5.32 Å². The maximum absolute atomic E-state index is 13.3. The second kappa shape index (κ2) is 5.83. The Morgan fingerprint density at radius 3 is 2.82 bits per heavy atom. The third-order valence-corrected chi connectivity index (χ3v) is 4.07. The molecule has 1 aliphatic carbocycles. The minimum absolute atomic E-state index is 0.186. The van der Waals surface area contributed by atoms with E-state index in [-0.39, 0.29) is 5.82 Å². The first-order valence-electron chi connectivity index (χ1n) is 6.33. The van der Waals surface area contributed by atoms with E-state index in [2.05, 4.69) is 5.32 Å². The highest BCUT2D eigenvalue weighted by molar-refractivity contribution is 6.31. The van der Waals surface area contributed by atoms with E-state index in [1.807, 2.05) is 7.05 Å². The van der Waals surface area contributed by atoms with E-state index < -0.39 is 0 Å². The summed E-state index contributed by atoms with van der Waals surface area (Å²) in [6, 6.07) is 5.23. The van der Waals surface area contributed by atoms with Crippen LogP contribution < -0.4 is 5.32 Å². The predicted molar refractivity (Wildman–Crippen MR) is 70.1 cm³/mol. The molecule has 1 aromatic carbocycles. The first-order valence-corrected chi connectivity index (χ1v) is 6.70. The van der Waals surface area contributed by atoms with Crippen LogP contribution in [0.2, 0.25) is 5.02 Å². The second-order valence-corrected chi connectivity index (χ2v) is 5.28. The first-order chi connectivity index (χ1) is 8.20. The average Bonchev–Trinajstić information content (AvgIpc) is 2.57. The highest BCUT2D eigenvalue weighted by Crippen LogP contribution is 2.35. The molecular formula is C14H19ClFN. The van der Waals surface area contributed by atoms with Gasteiger partial charge in [-0.15, -0.1) is 0 Å². The number of nitrogens with one attached hydrogen (secondary N) is 1. The fourth-order valence-corrected chi connectivity index (χ4v) is 3.00. The summed E-state index contributed by atoms with van der Waals surface area (Å²) in [4.78, 5) is 0. The molecule has 1 fully saturated rings. The van der Waals surface area contributed by atoms with E-state index in [4.69, 9.17) is 11.6 Å². The summed E-state index contributed by atoms with van der Waals surface area (Å²) in [7, 11) is 2.00. The van der Waals surface area contributed by atoms with Gasteiger partial charge in [0.2, 0.25) is 0 Å². The van der Waals surface area contributed by atoms with Crippen LogP contribution in [-0.2, 0) is 0 Å². The van der Waals surface area contributed by atoms with Gasteiger partial charge >= 0.3 is 0 Å². The molecule has 17 heavy (non-hydrogen) atoms. The monoisotopic (exact) mass is 255 g/mol. The second-order valence-electron chi connectivity index (χ2n) is 4.87. The van der Waals surface area contributed by atoms with Crippen molar-refractivity contribution in [3.05, 3.63) is 34.6 Å². The zero-order valence-corrected chi connectivity index (χ0v) is 10.9. The molecule has 2 rings (SSSR count). The van der Waals surface area contributed by atoms with Crippen molar-refractivity contribution < 1.29 is 4.39 Å². The Balaban J connectivity index is 2.21. The molecule has 1 N–H and O–H groups in total. The van der Waals surface area contributed by atoms with Crippen LogP contribution in [-0.4, -0.2) is 13.1 Å². The highest BCUT2D eigenvalue weighted by atomic mass is 35.5. The van der Waals surface area contributed by atoms with Crippen LogP contribution >= 0.6 is 11.6 Å². The van der Waals surface area contributed by atoms with Crippen molar-refractivity contribution in [1.29, 1.82) is 0 Å². The summed E-state index contributed by atoms with van der Waals surface area (Å²) in [6.07, 6.45) is 5.82. The van der Waals surface area contributed by atoms with Gasteiger partial charge in [-0.05, 0) is 56.0 Å². The number of hydrogen-bond acceptors (Lipinski definition) is 1. The Morgan fingerprint density at radius 2 is 2.06 bits per heavy atom. The van der Waals surface area contributed by atoms with Crippen LogP contribution in [0.4, 0.5) is 4.39 Å². The molecule has 3 heteroatoms. The largest absolute Gasteiger partial charge is 0.317 e. The van der Waals surface area contributed by atoms with Crippen LogP contribution in [0.3, 0.4) is 0 Å². The zero-order valence-electron chi connectivity index (χ0n) is 10.2. The van der Waals surface area contributed by atoms with E-state index >= 15 is 0 Å². The Kier molecular flexibility index (Phi) is 4.41. The van der Waals surface area contributed by atoms with Crippen LogP contribution in [0.25, 0.3) is 0 Å². The standard InChI is InChI=1S/C14H19ClFN/c1-17-12-5-3-2-4-10(8-12)13-9-11(16)6-7-14(13)15/h6-7,9-10,12,17H,2-5,8H2,1H3. The van der Waals surface area contributed by atoms with Gasteiger partial charge in [0.25, 0.3) is 0 Å². The Bertz CT molecular complexity index is 380. The number of rotatable bonds is 2. The molecule has 1 nitrogen and oxygen atoms in total. The molecule has 2 unspecified atom stereocenters. The molecule has 0 radical (unpaired) electrons. The third kappa shape index (κ3) is 3.20. The number of benzene rings is 1. The average molecular weight is 256 g/mol. The van der Waals surface area contributed by atoms with Crippen molar-refractivity contribution in [2.45, 2.75) is 44.1 Å². The topological polar surface area (TPSA) is 12.0 Å². The van der Waals surface area contributed by atoms with E-state index in [9.17, 15) is 4.39 Å². The van der Waals surface area contributed by atoms with Gasteiger partial charge in [-0.25, -0.2) is 4.39 Å². The molecule has 0 spiro atoms.